The van der Waals surface area contributed by atoms with Crippen molar-refractivity contribution in [3.63, 3.8) is 0 Å². The Labute approximate surface area is 169 Å². The molecule has 8 nitrogen and oxygen atoms in total. The van der Waals surface area contributed by atoms with Crippen LogP contribution in [-0.4, -0.2) is 47.7 Å². The third kappa shape index (κ3) is 4.86. The molecule has 0 bridgehead atoms. The summed E-state index contributed by atoms with van der Waals surface area (Å²) in [5, 5.41) is 14.8. The van der Waals surface area contributed by atoms with Crippen molar-refractivity contribution in [2.24, 2.45) is 5.11 Å². The number of benzene rings is 2. The summed E-state index contributed by atoms with van der Waals surface area (Å²) >= 11 is 0. The first-order valence-electron chi connectivity index (χ1n) is 9.53. The molecule has 0 aliphatic carbocycles. The van der Waals surface area contributed by atoms with Crippen LogP contribution >= 0.6 is 0 Å². The van der Waals surface area contributed by atoms with Gasteiger partial charge in [-0.05, 0) is 30.0 Å². The lowest BCUT2D eigenvalue weighted by molar-refractivity contribution is -0.0687. The Balaban J connectivity index is 1.86. The second kappa shape index (κ2) is 9.93. The van der Waals surface area contributed by atoms with E-state index in [1.54, 1.807) is 6.92 Å². The van der Waals surface area contributed by atoms with Crippen molar-refractivity contribution < 1.29 is 19.4 Å². The molecule has 2 aromatic rings. The molecule has 1 amide bonds. The third-order valence-electron chi connectivity index (χ3n) is 4.87. The van der Waals surface area contributed by atoms with E-state index in [9.17, 15) is 9.90 Å². The summed E-state index contributed by atoms with van der Waals surface area (Å²) < 4.78 is 11.0. The van der Waals surface area contributed by atoms with Gasteiger partial charge in [0.15, 0.2) is 6.23 Å². The van der Waals surface area contributed by atoms with Gasteiger partial charge < -0.3 is 14.6 Å². The van der Waals surface area contributed by atoms with Crippen LogP contribution in [0, 0.1) is 0 Å². The molecule has 152 valence electrons. The summed E-state index contributed by atoms with van der Waals surface area (Å²) in [5.74, 6) is 0. The number of carbonyl (C=O) groups is 1. The molecule has 0 unspecified atom stereocenters. The van der Waals surface area contributed by atoms with Crippen LogP contribution in [0.5, 0.6) is 0 Å². The van der Waals surface area contributed by atoms with E-state index in [2.05, 4.69) is 10.0 Å². The fourth-order valence-corrected chi connectivity index (χ4v) is 3.49. The van der Waals surface area contributed by atoms with Gasteiger partial charge in [-0.25, -0.2) is 4.79 Å². The predicted molar refractivity (Wildman–Crippen MR) is 107 cm³/mol. The topological polar surface area (TPSA) is 108 Å². The zero-order valence-corrected chi connectivity index (χ0v) is 16.2. The summed E-state index contributed by atoms with van der Waals surface area (Å²) in [5.41, 5.74) is 10.8. The average Bonchev–Trinajstić information content (AvgIpc) is 3.20. The van der Waals surface area contributed by atoms with E-state index in [-0.39, 0.29) is 13.2 Å². The summed E-state index contributed by atoms with van der Waals surface area (Å²) in [6.07, 6.45) is -2.47. The number of aliphatic hydroxyl groups is 1. The molecule has 8 heteroatoms. The van der Waals surface area contributed by atoms with Crippen molar-refractivity contribution in [1.82, 2.24) is 4.90 Å². The first-order valence-corrected chi connectivity index (χ1v) is 9.53. The molecule has 1 aliphatic heterocycles. The molecule has 0 spiro atoms. The predicted octanol–water partition coefficient (Wildman–Crippen LogP) is 3.83. The van der Waals surface area contributed by atoms with Gasteiger partial charge in [-0.15, -0.1) is 0 Å². The van der Waals surface area contributed by atoms with Crippen molar-refractivity contribution >= 4 is 6.09 Å². The fraction of sp³-hybridized carbons (Fsp3) is 0.381. The lowest BCUT2D eigenvalue weighted by atomic mass is 10.00. The second-order valence-electron chi connectivity index (χ2n) is 6.71. The lowest BCUT2D eigenvalue weighted by Crippen LogP contribution is -2.49. The Morgan fingerprint density at radius 1 is 1.28 bits per heavy atom. The summed E-state index contributed by atoms with van der Waals surface area (Å²) in [7, 11) is 0. The van der Waals surface area contributed by atoms with Crippen molar-refractivity contribution in [1.29, 1.82) is 0 Å². The zero-order chi connectivity index (χ0) is 20.6. The molecule has 0 radical (unpaired) electrons. The van der Waals surface area contributed by atoms with Gasteiger partial charge in [-0.2, -0.15) is 0 Å². The van der Waals surface area contributed by atoms with E-state index < -0.39 is 30.5 Å². The van der Waals surface area contributed by atoms with Gasteiger partial charge in [0.2, 0.25) is 0 Å². The number of amides is 1. The summed E-state index contributed by atoms with van der Waals surface area (Å²) in [6, 6.07) is 17.6. The number of azide groups is 1. The molecule has 4 atom stereocenters. The summed E-state index contributed by atoms with van der Waals surface area (Å²) in [4.78, 5) is 17.0. The summed E-state index contributed by atoms with van der Waals surface area (Å²) in [6.45, 7) is 2.12. The van der Waals surface area contributed by atoms with Crippen LogP contribution in [0.3, 0.4) is 0 Å². The van der Waals surface area contributed by atoms with E-state index in [1.807, 2.05) is 60.7 Å². The first kappa shape index (κ1) is 20.7. The maximum absolute atomic E-state index is 12.7. The minimum atomic E-state index is -1.22. The van der Waals surface area contributed by atoms with Crippen molar-refractivity contribution in [3.05, 3.63) is 82.2 Å². The van der Waals surface area contributed by atoms with Gasteiger partial charge in [-0.1, -0.05) is 65.8 Å². The highest BCUT2D eigenvalue weighted by atomic mass is 16.6. The molecule has 1 saturated heterocycles. The number of ether oxygens (including phenoxy) is 2. The molecule has 1 N–H and O–H groups in total. The van der Waals surface area contributed by atoms with Crippen LogP contribution in [0.2, 0.25) is 0 Å². The van der Waals surface area contributed by atoms with Crippen molar-refractivity contribution in [2.45, 2.75) is 37.8 Å². The highest BCUT2D eigenvalue weighted by Gasteiger charge is 2.45. The smallest absolute Gasteiger partial charge is 0.412 e. The fourth-order valence-electron chi connectivity index (χ4n) is 3.49. The van der Waals surface area contributed by atoms with E-state index >= 15 is 0 Å². The Morgan fingerprint density at radius 3 is 2.55 bits per heavy atom. The maximum Gasteiger partial charge on any atom is 0.412 e. The number of aliphatic hydroxyl groups excluding tert-OH is 1. The molecular formula is C21H24N4O4. The minimum absolute atomic E-state index is 0.198. The van der Waals surface area contributed by atoms with Gasteiger partial charge in [0, 0.05) is 4.91 Å². The first-order chi connectivity index (χ1) is 14.2. The van der Waals surface area contributed by atoms with Gasteiger partial charge in [0.05, 0.1) is 25.3 Å². The Morgan fingerprint density at radius 2 is 1.93 bits per heavy atom. The number of carbonyl (C=O) groups excluding carboxylic acids is 1. The van der Waals surface area contributed by atoms with Gasteiger partial charge in [0.25, 0.3) is 0 Å². The second-order valence-corrected chi connectivity index (χ2v) is 6.71. The van der Waals surface area contributed by atoms with Crippen molar-refractivity contribution in [3.8, 4) is 0 Å². The Bertz CT molecular complexity index is 842. The van der Waals surface area contributed by atoms with E-state index in [1.165, 1.54) is 4.90 Å². The van der Waals surface area contributed by atoms with E-state index in [4.69, 9.17) is 15.0 Å². The van der Waals surface area contributed by atoms with E-state index in [0.717, 1.165) is 11.1 Å². The Kier molecular flexibility index (Phi) is 7.08. The molecule has 3 rings (SSSR count). The molecule has 1 heterocycles. The molecule has 2 aromatic carbocycles. The Hall–Kier alpha value is -3.06. The number of hydrogen-bond acceptors (Lipinski definition) is 5. The number of hydrogen-bond donors (Lipinski definition) is 1. The highest BCUT2D eigenvalue weighted by Crippen LogP contribution is 2.34. The molecular weight excluding hydrogens is 372 g/mol. The van der Waals surface area contributed by atoms with E-state index in [0.29, 0.717) is 6.42 Å². The van der Waals surface area contributed by atoms with Crippen LogP contribution in [-0.2, 0) is 15.9 Å². The lowest BCUT2D eigenvalue weighted by Gasteiger charge is -2.32. The van der Waals surface area contributed by atoms with Gasteiger partial charge in [-0.3, -0.25) is 4.90 Å². The number of rotatable bonds is 7. The molecule has 1 fully saturated rings. The molecule has 1 aliphatic rings. The zero-order valence-electron chi connectivity index (χ0n) is 16.2. The van der Waals surface area contributed by atoms with Gasteiger partial charge in [0.1, 0.15) is 6.10 Å². The van der Waals surface area contributed by atoms with Crippen LogP contribution in [0.15, 0.2) is 65.8 Å². The van der Waals surface area contributed by atoms with Crippen molar-refractivity contribution in [2.75, 3.05) is 13.2 Å². The van der Waals surface area contributed by atoms with Crippen LogP contribution in [0.1, 0.15) is 24.1 Å². The largest absolute Gasteiger partial charge is 0.450 e. The molecule has 0 aromatic heterocycles. The highest BCUT2D eigenvalue weighted by molar-refractivity contribution is 5.69. The standard InChI is InChI=1S/C21H24N4O4/c1-2-28-21(27)25-18(16-11-7-4-8-12-16)14-29-20(25)19(26)17(23-24-22)13-15-9-5-3-6-10-15/h3-12,17-20,26H,2,13-14H2,1H3/t17-,18+,19-,20-/m0/s1. The number of nitrogens with zero attached hydrogens (tertiary/aromatic N) is 4. The monoisotopic (exact) mass is 396 g/mol. The van der Waals surface area contributed by atoms with Crippen LogP contribution in [0.4, 0.5) is 4.79 Å². The van der Waals surface area contributed by atoms with Gasteiger partial charge >= 0.3 is 6.09 Å². The molecule has 0 saturated carbocycles. The maximum atomic E-state index is 12.7. The third-order valence-corrected chi connectivity index (χ3v) is 4.87. The minimum Gasteiger partial charge on any atom is -0.450 e. The van der Waals surface area contributed by atoms with Crippen LogP contribution < -0.4 is 0 Å². The van der Waals surface area contributed by atoms with Crippen LogP contribution in [0.25, 0.3) is 10.4 Å². The molecule has 29 heavy (non-hydrogen) atoms. The average molecular weight is 396 g/mol. The normalized spacial score (nSPS) is 20.6. The SMILES string of the molecule is CCOC(=O)N1[C@@H](c2ccccc2)CO[C@H]1[C@@H](O)[C@H](Cc1ccccc1)N=[N+]=[N-]. The quantitative estimate of drug-likeness (QED) is 0.436.